The van der Waals surface area contributed by atoms with Gasteiger partial charge in [-0.25, -0.2) is 4.98 Å². The molecule has 8 heteroatoms. The van der Waals surface area contributed by atoms with E-state index in [1.807, 2.05) is 35.2 Å². The summed E-state index contributed by atoms with van der Waals surface area (Å²) in [5.74, 6) is 0.981. The maximum absolute atomic E-state index is 13.1. The number of hydrogen-bond donors (Lipinski definition) is 0. The number of piperidine rings is 1. The van der Waals surface area contributed by atoms with Gasteiger partial charge in [0, 0.05) is 31.9 Å². The maximum Gasteiger partial charge on any atom is 0.260 e. The third-order valence-corrected chi connectivity index (χ3v) is 6.01. The minimum atomic E-state index is -0.913. The van der Waals surface area contributed by atoms with E-state index in [9.17, 15) is 9.59 Å². The Hall–Kier alpha value is -3.13. The standard InChI is InChI=1S/C25H31N3O5/c29-23(27-13-7-2-8-14-27)17-25(20-32-21-9-3-1-4-10-21)19-28(15-16-33-25)24(30)18-31-22-11-5-6-12-26-22/h1,3-6,9-12H,2,7-8,13-20H2/t25-/m1/s1. The van der Waals surface area contributed by atoms with Gasteiger partial charge >= 0.3 is 0 Å². The first-order valence-corrected chi connectivity index (χ1v) is 11.5. The molecule has 1 atom stereocenters. The van der Waals surface area contributed by atoms with Gasteiger partial charge in [0.1, 0.15) is 18.0 Å². The number of morpholine rings is 1. The van der Waals surface area contributed by atoms with Crippen LogP contribution in [-0.2, 0) is 14.3 Å². The zero-order chi connectivity index (χ0) is 22.9. The molecule has 0 bridgehead atoms. The summed E-state index contributed by atoms with van der Waals surface area (Å²) in [5, 5.41) is 0. The summed E-state index contributed by atoms with van der Waals surface area (Å²) in [6, 6.07) is 14.8. The molecule has 1 aromatic carbocycles. The number of nitrogens with zero attached hydrogens (tertiary/aromatic N) is 3. The smallest absolute Gasteiger partial charge is 0.260 e. The Morgan fingerprint density at radius 3 is 2.45 bits per heavy atom. The van der Waals surface area contributed by atoms with E-state index in [2.05, 4.69) is 4.98 Å². The SMILES string of the molecule is O=C(C[C@]1(COc2ccccc2)CN(C(=O)COc2ccccn2)CCO1)N1CCCCC1. The highest BCUT2D eigenvalue weighted by atomic mass is 16.5. The lowest BCUT2D eigenvalue weighted by molar-refractivity contribution is -0.167. The lowest BCUT2D eigenvalue weighted by atomic mass is 9.96. The van der Waals surface area contributed by atoms with Crippen LogP contribution in [0.25, 0.3) is 0 Å². The number of hydrogen-bond acceptors (Lipinski definition) is 6. The van der Waals surface area contributed by atoms with Gasteiger partial charge in [-0.1, -0.05) is 24.3 Å². The molecule has 176 valence electrons. The van der Waals surface area contributed by atoms with Gasteiger partial charge < -0.3 is 24.0 Å². The van der Waals surface area contributed by atoms with E-state index in [4.69, 9.17) is 14.2 Å². The molecule has 33 heavy (non-hydrogen) atoms. The average Bonchev–Trinajstić information content (AvgIpc) is 2.88. The van der Waals surface area contributed by atoms with E-state index >= 15 is 0 Å². The van der Waals surface area contributed by atoms with Crippen molar-refractivity contribution in [1.82, 2.24) is 14.8 Å². The van der Waals surface area contributed by atoms with E-state index in [1.165, 1.54) is 0 Å². The highest BCUT2D eigenvalue weighted by Crippen LogP contribution is 2.26. The molecule has 8 nitrogen and oxygen atoms in total. The summed E-state index contributed by atoms with van der Waals surface area (Å²) in [6.07, 6.45) is 4.99. The number of pyridine rings is 1. The van der Waals surface area contributed by atoms with E-state index in [0.29, 0.717) is 24.8 Å². The third-order valence-electron chi connectivity index (χ3n) is 6.01. The minimum absolute atomic E-state index is 0.0467. The maximum atomic E-state index is 13.1. The summed E-state index contributed by atoms with van der Waals surface area (Å²) < 4.78 is 17.7. The quantitative estimate of drug-likeness (QED) is 0.611. The van der Waals surface area contributed by atoms with Crippen LogP contribution in [0.2, 0.25) is 0 Å². The first-order chi connectivity index (χ1) is 16.1. The molecule has 2 aliphatic heterocycles. The lowest BCUT2D eigenvalue weighted by Crippen LogP contribution is -2.59. The number of amides is 2. The fourth-order valence-electron chi connectivity index (χ4n) is 4.22. The molecule has 4 rings (SSSR count). The number of carbonyl (C=O) groups excluding carboxylic acids is 2. The van der Waals surface area contributed by atoms with E-state index in [-0.39, 0.29) is 38.0 Å². The molecule has 0 aliphatic carbocycles. The summed E-state index contributed by atoms with van der Waals surface area (Å²) in [7, 11) is 0. The number of para-hydroxylation sites is 1. The van der Waals surface area contributed by atoms with Crippen LogP contribution < -0.4 is 9.47 Å². The molecule has 2 amide bonds. The first-order valence-electron chi connectivity index (χ1n) is 11.5. The molecule has 0 saturated carbocycles. The summed E-state index contributed by atoms with van der Waals surface area (Å²) >= 11 is 0. The Labute approximate surface area is 194 Å². The van der Waals surface area contributed by atoms with Gasteiger partial charge in [-0.15, -0.1) is 0 Å². The van der Waals surface area contributed by atoms with Crippen molar-refractivity contribution in [3.63, 3.8) is 0 Å². The predicted molar refractivity (Wildman–Crippen MR) is 122 cm³/mol. The highest BCUT2D eigenvalue weighted by molar-refractivity contribution is 5.79. The molecule has 0 unspecified atom stereocenters. The normalized spacial score (nSPS) is 20.8. The Bertz CT molecular complexity index is 905. The molecule has 0 N–H and O–H groups in total. The van der Waals surface area contributed by atoms with Crippen LogP contribution in [0.3, 0.4) is 0 Å². The van der Waals surface area contributed by atoms with Crippen molar-refractivity contribution in [3.05, 3.63) is 54.7 Å². The number of rotatable bonds is 8. The van der Waals surface area contributed by atoms with Crippen LogP contribution in [-0.4, -0.2) is 78.2 Å². The van der Waals surface area contributed by atoms with Gasteiger partial charge in [-0.2, -0.15) is 0 Å². The number of benzene rings is 1. The monoisotopic (exact) mass is 453 g/mol. The summed E-state index contributed by atoms with van der Waals surface area (Å²) in [4.78, 5) is 33.7. The zero-order valence-electron chi connectivity index (χ0n) is 18.9. The number of likely N-dealkylation sites (tertiary alicyclic amines) is 1. The zero-order valence-corrected chi connectivity index (χ0v) is 18.9. The van der Waals surface area contributed by atoms with Crippen LogP contribution in [0.4, 0.5) is 0 Å². The molecule has 2 aromatic rings. The topological polar surface area (TPSA) is 81.2 Å². The Morgan fingerprint density at radius 2 is 1.70 bits per heavy atom. The van der Waals surface area contributed by atoms with Gasteiger partial charge in [0.25, 0.3) is 5.91 Å². The van der Waals surface area contributed by atoms with Crippen LogP contribution in [0.5, 0.6) is 11.6 Å². The van der Waals surface area contributed by atoms with E-state index < -0.39 is 5.60 Å². The largest absolute Gasteiger partial charge is 0.490 e. The second-order valence-electron chi connectivity index (χ2n) is 8.52. The Balaban J connectivity index is 1.43. The van der Waals surface area contributed by atoms with Crippen molar-refractivity contribution in [3.8, 4) is 11.6 Å². The Morgan fingerprint density at radius 1 is 0.909 bits per heavy atom. The fourth-order valence-corrected chi connectivity index (χ4v) is 4.22. The van der Waals surface area contributed by atoms with Gasteiger partial charge in [0.2, 0.25) is 11.8 Å². The molecule has 0 spiro atoms. The lowest BCUT2D eigenvalue weighted by Gasteiger charge is -2.43. The number of aromatic nitrogens is 1. The molecule has 2 saturated heterocycles. The number of ether oxygens (including phenoxy) is 3. The van der Waals surface area contributed by atoms with E-state index in [1.54, 1.807) is 29.3 Å². The van der Waals surface area contributed by atoms with Gasteiger partial charge in [0.15, 0.2) is 6.61 Å². The fraction of sp³-hybridized carbons (Fsp3) is 0.480. The van der Waals surface area contributed by atoms with Crippen LogP contribution in [0.15, 0.2) is 54.7 Å². The number of carbonyl (C=O) groups is 2. The minimum Gasteiger partial charge on any atom is -0.490 e. The van der Waals surface area contributed by atoms with Crippen molar-refractivity contribution in [1.29, 1.82) is 0 Å². The summed E-state index contributed by atoms with van der Waals surface area (Å²) in [5.41, 5.74) is -0.913. The van der Waals surface area contributed by atoms with Crippen molar-refractivity contribution < 1.29 is 23.8 Å². The molecule has 0 radical (unpaired) electrons. The van der Waals surface area contributed by atoms with E-state index in [0.717, 1.165) is 32.4 Å². The van der Waals surface area contributed by atoms with Crippen LogP contribution >= 0.6 is 0 Å². The molecular formula is C25H31N3O5. The Kier molecular flexibility index (Phi) is 7.78. The van der Waals surface area contributed by atoms with Crippen LogP contribution in [0.1, 0.15) is 25.7 Å². The van der Waals surface area contributed by atoms with Gasteiger partial charge in [-0.3, -0.25) is 9.59 Å². The molecule has 2 fully saturated rings. The summed E-state index contributed by atoms with van der Waals surface area (Å²) in [6.45, 7) is 2.65. The third kappa shape index (κ3) is 6.44. The van der Waals surface area contributed by atoms with Gasteiger partial charge in [-0.05, 0) is 37.5 Å². The second kappa shape index (κ2) is 11.1. The molecule has 2 aliphatic rings. The molecular weight excluding hydrogens is 422 g/mol. The van der Waals surface area contributed by atoms with Crippen molar-refractivity contribution in [2.45, 2.75) is 31.3 Å². The highest BCUT2D eigenvalue weighted by Gasteiger charge is 2.42. The molecule has 1 aromatic heterocycles. The first kappa shape index (κ1) is 23.0. The van der Waals surface area contributed by atoms with Crippen molar-refractivity contribution in [2.24, 2.45) is 0 Å². The van der Waals surface area contributed by atoms with Crippen molar-refractivity contribution >= 4 is 11.8 Å². The molecule has 3 heterocycles. The average molecular weight is 454 g/mol. The second-order valence-corrected chi connectivity index (χ2v) is 8.52. The van der Waals surface area contributed by atoms with Gasteiger partial charge in [0.05, 0.1) is 19.6 Å². The predicted octanol–water partition coefficient (Wildman–Crippen LogP) is 2.54. The van der Waals surface area contributed by atoms with Crippen molar-refractivity contribution in [2.75, 3.05) is 46.0 Å². The van der Waals surface area contributed by atoms with Crippen LogP contribution in [0, 0.1) is 0 Å².